The summed E-state index contributed by atoms with van der Waals surface area (Å²) in [6.45, 7) is 5.59. The van der Waals surface area contributed by atoms with Gasteiger partial charge in [0.1, 0.15) is 17.2 Å². The maximum absolute atomic E-state index is 13.2. The van der Waals surface area contributed by atoms with Crippen molar-refractivity contribution < 1.29 is 18.7 Å². The molecular formula is C17H22ClFO3. The van der Waals surface area contributed by atoms with Crippen LogP contribution in [0.1, 0.15) is 46.5 Å². The molecule has 0 radical (unpaired) electrons. The van der Waals surface area contributed by atoms with Crippen molar-refractivity contribution in [2.45, 2.75) is 58.2 Å². The lowest BCUT2D eigenvalue weighted by molar-refractivity contribution is -0.162. The molecule has 0 amide bonds. The molecule has 2 atom stereocenters. The third-order valence-electron chi connectivity index (χ3n) is 3.56. The number of carbonyl (C=O) groups excluding carboxylic acids is 1. The van der Waals surface area contributed by atoms with Crippen molar-refractivity contribution in [3.8, 4) is 5.75 Å². The first-order chi connectivity index (χ1) is 10.2. The summed E-state index contributed by atoms with van der Waals surface area (Å²) >= 11 is 5.75. The van der Waals surface area contributed by atoms with Crippen LogP contribution in [0.25, 0.3) is 0 Å². The van der Waals surface area contributed by atoms with E-state index in [-0.39, 0.29) is 23.0 Å². The van der Waals surface area contributed by atoms with Gasteiger partial charge < -0.3 is 9.47 Å². The minimum absolute atomic E-state index is 0.0389. The molecular weight excluding hydrogens is 307 g/mol. The molecule has 2 unspecified atom stereocenters. The first kappa shape index (κ1) is 17.1. The average molecular weight is 329 g/mol. The smallest absolute Gasteiger partial charge is 0.309 e. The highest BCUT2D eigenvalue weighted by Gasteiger charge is 2.31. The Balaban J connectivity index is 1.95. The van der Waals surface area contributed by atoms with Gasteiger partial charge in [-0.3, -0.25) is 4.79 Å². The van der Waals surface area contributed by atoms with Crippen LogP contribution in [0.15, 0.2) is 18.2 Å². The minimum Gasteiger partial charge on any atom is -0.490 e. The summed E-state index contributed by atoms with van der Waals surface area (Å²) in [5.41, 5.74) is -0.477. The molecule has 122 valence electrons. The summed E-state index contributed by atoms with van der Waals surface area (Å²) in [6, 6.07) is 4.30. The zero-order valence-electron chi connectivity index (χ0n) is 13.2. The maximum atomic E-state index is 13.2. The lowest BCUT2D eigenvalue weighted by Crippen LogP contribution is -2.34. The lowest BCUT2D eigenvalue weighted by atomic mass is 9.87. The molecule has 1 saturated carbocycles. The van der Waals surface area contributed by atoms with E-state index in [0.717, 1.165) is 19.3 Å². The molecule has 22 heavy (non-hydrogen) atoms. The summed E-state index contributed by atoms with van der Waals surface area (Å²) < 4.78 is 24.4. The van der Waals surface area contributed by atoms with Gasteiger partial charge in [0.25, 0.3) is 0 Å². The van der Waals surface area contributed by atoms with E-state index in [4.69, 9.17) is 21.1 Å². The predicted octanol–water partition coefficient (Wildman–Crippen LogP) is 4.76. The number of carbonyl (C=O) groups is 1. The average Bonchev–Trinajstić information content (AvgIpc) is 2.41. The molecule has 0 heterocycles. The van der Waals surface area contributed by atoms with Crippen LogP contribution in [-0.4, -0.2) is 17.7 Å². The predicted molar refractivity (Wildman–Crippen MR) is 83.6 cm³/mol. The molecule has 1 aliphatic carbocycles. The minimum atomic E-state index is -0.477. The van der Waals surface area contributed by atoms with Crippen LogP contribution in [0.5, 0.6) is 5.75 Å². The number of esters is 1. The Morgan fingerprint density at radius 2 is 2.05 bits per heavy atom. The molecule has 1 fully saturated rings. The Bertz CT molecular complexity index is 539. The second-order valence-corrected chi connectivity index (χ2v) is 7.12. The second-order valence-electron chi connectivity index (χ2n) is 6.71. The van der Waals surface area contributed by atoms with Crippen molar-refractivity contribution in [2.75, 3.05) is 0 Å². The van der Waals surface area contributed by atoms with Gasteiger partial charge in [-0.15, -0.1) is 0 Å². The van der Waals surface area contributed by atoms with E-state index in [9.17, 15) is 9.18 Å². The van der Waals surface area contributed by atoms with E-state index in [0.29, 0.717) is 12.2 Å². The summed E-state index contributed by atoms with van der Waals surface area (Å²) in [6.07, 6.45) is 3.13. The van der Waals surface area contributed by atoms with E-state index in [1.807, 2.05) is 20.8 Å². The first-order valence-electron chi connectivity index (χ1n) is 7.59. The van der Waals surface area contributed by atoms with Crippen molar-refractivity contribution in [1.82, 2.24) is 0 Å². The number of hydrogen-bond acceptors (Lipinski definition) is 3. The van der Waals surface area contributed by atoms with E-state index in [1.54, 1.807) is 6.07 Å². The third kappa shape index (κ3) is 4.87. The number of halogens is 2. The number of benzene rings is 1. The van der Waals surface area contributed by atoms with Gasteiger partial charge in [0.05, 0.1) is 17.0 Å². The van der Waals surface area contributed by atoms with Gasteiger partial charge in [-0.2, -0.15) is 0 Å². The molecule has 2 rings (SSSR count). The second kappa shape index (κ2) is 6.86. The number of ether oxygens (including phenoxy) is 2. The fourth-order valence-electron chi connectivity index (χ4n) is 2.59. The molecule has 0 aromatic heterocycles. The topological polar surface area (TPSA) is 35.5 Å². The normalized spacial score (nSPS) is 22.2. The van der Waals surface area contributed by atoms with Crippen molar-refractivity contribution in [3.63, 3.8) is 0 Å². The van der Waals surface area contributed by atoms with Gasteiger partial charge in [0, 0.05) is 6.07 Å². The van der Waals surface area contributed by atoms with E-state index >= 15 is 0 Å². The summed E-state index contributed by atoms with van der Waals surface area (Å²) in [7, 11) is 0. The molecule has 0 bridgehead atoms. The van der Waals surface area contributed by atoms with Crippen LogP contribution < -0.4 is 4.74 Å². The van der Waals surface area contributed by atoms with Crippen molar-refractivity contribution in [2.24, 2.45) is 5.92 Å². The molecule has 0 aliphatic heterocycles. The van der Waals surface area contributed by atoms with Crippen LogP contribution in [0.3, 0.4) is 0 Å². The van der Waals surface area contributed by atoms with Gasteiger partial charge in [0.15, 0.2) is 0 Å². The molecule has 1 aromatic rings. The van der Waals surface area contributed by atoms with Crippen LogP contribution in [-0.2, 0) is 9.53 Å². The fraction of sp³-hybridized carbons (Fsp3) is 0.588. The largest absolute Gasteiger partial charge is 0.490 e. The van der Waals surface area contributed by atoms with E-state index in [1.165, 1.54) is 12.1 Å². The Labute approximate surface area is 135 Å². The Morgan fingerprint density at radius 1 is 1.32 bits per heavy atom. The summed E-state index contributed by atoms with van der Waals surface area (Å²) in [5.74, 6) is -0.252. The fourth-order valence-corrected chi connectivity index (χ4v) is 2.76. The summed E-state index contributed by atoms with van der Waals surface area (Å²) in [5, 5.41) is 0.0389. The monoisotopic (exact) mass is 328 g/mol. The van der Waals surface area contributed by atoms with Gasteiger partial charge >= 0.3 is 5.97 Å². The van der Waals surface area contributed by atoms with Gasteiger partial charge in [-0.05, 0) is 58.6 Å². The third-order valence-corrected chi connectivity index (χ3v) is 3.85. The summed E-state index contributed by atoms with van der Waals surface area (Å²) in [4.78, 5) is 12.2. The molecule has 0 N–H and O–H groups in total. The zero-order valence-corrected chi connectivity index (χ0v) is 14.0. The Morgan fingerprint density at radius 3 is 2.68 bits per heavy atom. The van der Waals surface area contributed by atoms with E-state index in [2.05, 4.69) is 0 Å². The van der Waals surface area contributed by atoms with Gasteiger partial charge in [-0.1, -0.05) is 11.6 Å². The van der Waals surface area contributed by atoms with Crippen molar-refractivity contribution >= 4 is 17.6 Å². The Hall–Kier alpha value is -1.29. The number of rotatable bonds is 3. The molecule has 5 heteroatoms. The molecule has 3 nitrogen and oxygen atoms in total. The highest BCUT2D eigenvalue weighted by atomic mass is 35.5. The van der Waals surface area contributed by atoms with Gasteiger partial charge in [0.2, 0.25) is 0 Å². The zero-order chi connectivity index (χ0) is 16.3. The highest BCUT2D eigenvalue weighted by Crippen LogP contribution is 2.31. The first-order valence-corrected chi connectivity index (χ1v) is 7.97. The Kier molecular flexibility index (Phi) is 5.32. The van der Waals surface area contributed by atoms with Crippen molar-refractivity contribution in [3.05, 3.63) is 29.0 Å². The highest BCUT2D eigenvalue weighted by molar-refractivity contribution is 6.30. The van der Waals surface area contributed by atoms with Crippen LogP contribution in [0, 0.1) is 11.7 Å². The maximum Gasteiger partial charge on any atom is 0.309 e. The van der Waals surface area contributed by atoms with Crippen LogP contribution in [0.2, 0.25) is 5.02 Å². The van der Waals surface area contributed by atoms with Crippen LogP contribution in [0.4, 0.5) is 4.39 Å². The van der Waals surface area contributed by atoms with Gasteiger partial charge in [-0.25, -0.2) is 4.39 Å². The SMILES string of the molecule is CC(C)(C)OC(=O)C1CCCC(Oc2ccc(F)c(Cl)c2)C1. The lowest BCUT2D eigenvalue weighted by Gasteiger charge is -2.30. The van der Waals surface area contributed by atoms with Crippen LogP contribution >= 0.6 is 11.6 Å². The molecule has 0 spiro atoms. The standard InChI is InChI=1S/C17H22ClFO3/c1-17(2,3)22-16(20)11-5-4-6-12(9-11)21-13-7-8-15(19)14(18)10-13/h7-8,10-12H,4-6,9H2,1-3H3. The molecule has 1 aliphatic rings. The quantitative estimate of drug-likeness (QED) is 0.750. The van der Waals surface area contributed by atoms with Crippen molar-refractivity contribution in [1.29, 1.82) is 0 Å². The van der Waals surface area contributed by atoms with E-state index < -0.39 is 11.4 Å². The number of hydrogen-bond donors (Lipinski definition) is 0. The molecule has 0 saturated heterocycles. The molecule has 1 aromatic carbocycles.